The molecule has 0 fully saturated rings. The van der Waals surface area contributed by atoms with Crippen molar-refractivity contribution >= 4 is 95.8 Å². The van der Waals surface area contributed by atoms with Crippen LogP contribution in [-0.2, 0) is 114 Å². The highest BCUT2D eigenvalue weighted by atomic mass is 16.6. The van der Waals surface area contributed by atoms with Gasteiger partial charge in [-0.1, -0.05) is 48.0 Å². The Bertz CT molecular complexity index is 3260. The molecule has 0 aliphatic carbocycles. The monoisotopic (exact) mass is 1750 g/mol. The molecule has 0 spiro atoms. The molecule has 0 rings (SSSR count). The van der Waals surface area contributed by atoms with Crippen LogP contribution in [0.2, 0.25) is 0 Å². The molecular weight excluding hydrogens is 1590 g/mol. The number of rotatable bonds is 46. The highest BCUT2D eigenvalue weighted by molar-refractivity contribution is 5.88. The van der Waals surface area contributed by atoms with Gasteiger partial charge in [-0.05, 0) is 182 Å². The van der Waals surface area contributed by atoms with Gasteiger partial charge in [0.15, 0.2) is 0 Å². The smallest absolute Gasteiger partial charge is 0.407 e. The molecule has 8 unspecified atom stereocenters. The van der Waals surface area contributed by atoms with Crippen LogP contribution in [0.15, 0.2) is 0 Å². The average Bonchev–Trinajstić information content (AvgIpc) is 0.840. The Balaban J connectivity index is -0.000000761. The van der Waals surface area contributed by atoms with Crippen LogP contribution in [-0.4, -0.2) is 274 Å². The zero-order valence-electron chi connectivity index (χ0n) is 79.9. The summed E-state index contributed by atoms with van der Waals surface area (Å²) in [6.07, 6.45) is 1.71. The molecular formula is C86H156N8O28. The second-order valence-electron chi connectivity index (χ2n) is 35.6. The average molecular weight is 1750 g/mol. The number of ether oxygens (including phenoxy) is 12. The minimum Gasteiger partial charge on any atom is -0.469 e. The molecule has 0 aromatic carbocycles. The van der Waals surface area contributed by atoms with Crippen LogP contribution in [0.1, 0.15) is 256 Å². The van der Waals surface area contributed by atoms with Gasteiger partial charge in [0.05, 0.1) is 100 Å². The molecule has 8 amide bonds. The van der Waals surface area contributed by atoms with Crippen molar-refractivity contribution in [3.63, 3.8) is 0 Å². The first kappa shape index (κ1) is 119. The van der Waals surface area contributed by atoms with Gasteiger partial charge in [-0.25, -0.2) is 19.2 Å². The van der Waals surface area contributed by atoms with Crippen molar-refractivity contribution in [2.45, 2.75) is 278 Å². The Morgan fingerprint density at radius 1 is 0.279 bits per heavy atom. The van der Waals surface area contributed by atoms with E-state index in [1.165, 1.54) is 26.7 Å². The quantitative estimate of drug-likeness (QED) is 0.0250. The molecule has 0 aliphatic heterocycles. The van der Waals surface area contributed by atoms with E-state index < -0.39 is 140 Å². The van der Waals surface area contributed by atoms with Gasteiger partial charge in [0.25, 0.3) is 0 Å². The number of carbonyl (C=O) groups excluding carboxylic acids is 16. The van der Waals surface area contributed by atoms with E-state index in [0.717, 1.165) is 12.8 Å². The van der Waals surface area contributed by atoms with E-state index in [-0.39, 0.29) is 147 Å². The van der Waals surface area contributed by atoms with Gasteiger partial charge in [0, 0.05) is 80.1 Å². The minimum absolute atomic E-state index is 0.0583. The number of alkyl carbamates (subject to hydrolysis) is 4. The van der Waals surface area contributed by atoms with E-state index in [2.05, 4.69) is 21.3 Å². The van der Waals surface area contributed by atoms with Crippen LogP contribution >= 0.6 is 0 Å². The van der Waals surface area contributed by atoms with Gasteiger partial charge < -0.3 is 97.7 Å². The van der Waals surface area contributed by atoms with Crippen LogP contribution in [0, 0.1) is 45.3 Å². The van der Waals surface area contributed by atoms with Crippen molar-refractivity contribution in [2.75, 3.05) is 136 Å². The van der Waals surface area contributed by atoms with Crippen molar-refractivity contribution in [3.8, 4) is 0 Å². The maximum atomic E-state index is 12.9. The molecule has 0 aromatic rings. The molecule has 0 bridgehead atoms. The van der Waals surface area contributed by atoms with Crippen molar-refractivity contribution < 1.29 is 134 Å². The van der Waals surface area contributed by atoms with Gasteiger partial charge in [0.1, 0.15) is 48.8 Å². The lowest BCUT2D eigenvalue weighted by Gasteiger charge is -2.31. The zero-order chi connectivity index (χ0) is 95.6. The van der Waals surface area contributed by atoms with Gasteiger partial charge in [-0.2, -0.15) is 0 Å². The lowest BCUT2D eigenvalue weighted by molar-refractivity contribution is -0.163. The summed E-state index contributed by atoms with van der Waals surface area (Å²) in [6.45, 7) is 40.9. The van der Waals surface area contributed by atoms with E-state index in [9.17, 15) is 76.7 Å². The fourth-order valence-corrected chi connectivity index (χ4v) is 11.5. The first-order valence-corrected chi connectivity index (χ1v) is 42.0. The number of unbranched alkanes of at least 4 members (excludes halogenated alkanes) is 1. The molecule has 0 aliphatic rings. The van der Waals surface area contributed by atoms with Crippen LogP contribution in [0.3, 0.4) is 0 Å². The summed E-state index contributed by atoms with van der Waals surface area (Å²) in [5, 5.41) is 10.0. The highest BCUT2D eigenvalue weighted by Gasteiger charge is 2.46. The minimum atomic E-state index is -1.23. The lowest BCUT2D eigenvalue weighted by atomic mass is 9.77. The Hall–Kier alpha value is -9.28. The standard InChI is InChI=1S/C23H42N2O7.C22H40N2O7.C21H38N2O7.C20H36N2O7/c1-9-11-13-30-18(26)16-23(6,15-17(10-2)19(27)25(7)8)20(28)31-14-12-24-21(29)32-22(3,4)5;1-9-12-29-17(25)15-22(6,14-16(10-2)18(26)24(7)8)19(27)30-13-11-23-20(28)31-21(3,4)5;1-9-15(17(25)23(7)8)13-21(6,14-16(24)28-10-2)18(26)29-12-11-22-19(27)30-20(3,4)5;1-9-14(16(24)22(6)7)12-20(5,13-15(23)27-8)17(25)28-11-10-21-18(26)29-19(2,3)4/h17H,9-16H2,1-8H3,(H,24,29);16H,9-15H2,1-8H3,(H,23,28);15H,9-14H2,1-8H3,(H,22,27);14H,9-13H2,1-8H3,(H,21,26). The second kappa shape index (κ2) is 58.7. The molecule has 122 heavy (non-hydrogen) atoms. The van der Waals surface area contributed by atoms with Crippen molar-refractivity contribution in [2.24, 2.45) is 45.3 Å². The number of methoxy groups -OCH3 is 1. The number of hydrogen-bond donors (Lipinski definition) is 4. The van der Waals surface area contributed by atoms with Crippen LogP contribution in [0.5, 0.6) is 0 Å². The number of nitrogens with zero attached hydrogens (tertiary/aromatic N) is 4. The Morgan fingerprint density at radius 3 is 0.672 bits per heavy atom. The molecule has 0 heterocycles. The summed E-state index contributed by atoms with van der Waals surface area (Å²) in [6, 6.07) is 0. The van der Waals surface area contributed by atoms with Crippen LogP contribution < -0.4 is 21.3 Å². The third-order valence-corrected chi connectivity index (χ3v) is 17.8. The summed E-state index contributed by atoms with van der Waals surface area (Å²) in [5.41, 5.74) is -7.46. The van der Waals surface area contributed by atoms with Crippen molar-refractivity contribution in [3.05, 3.63) is 0 Å². The number of nitrogens with one attached hydrogen (secondary N) is 4. The normalized spacial score (nSPS) is 14.1. The first-order chi connectivity index (χ1) is 56.0. The van der Waals surface area contributed by atoms with Crippen LogP contribution in [0.25, 0.3) is 0 Å². The van der Waals surface area contributed by atoms with Gasteiger partial charge >= 0.3 is 72.1 Å². The van der Waals surface area contributed by atoms with Crippen LogP contribution in [0.4, 0.5) is 19.2 Å². The van der Waals surface area contributed by atoms with Gasteiger partial charge in [-0.3, -0.25) is 57.5 Å². The maximum absolute atomic E-state index is 12.9. The molecule has 8 atom stereocenters. The van der Waals surface area contributed by atoms with E-state index in [4.69, 9.17) is 56.8 Å². The fraction of sp³-hybridized carbons (Fsp3) is 0.814. The molecule has 36 heteroatoms. The Morgan fingerprint density at radius 2 is 0.492 bits per heavy atom. The zero-order valence-corrected chi connectivity index (χ0v) is 79.9. The predicted octanol–water partition coefficient (Wildman–Crippen LogP) is 10.9. The van der Waals surface area contributed by atoms with Crippen molar-refractivity contribution in [1.29, 1.82) is 0 Å². The predicted molar refractivity (Wildman–Crippen MR) is 456 cm³/mol. The van der Waals surface area contributed by atoms with Gasteiger partial charge in [-0.15, -0.1) is 0 Å². The molecule has 708 valence electrons. The van der Waals surface area contributed by atoms with Crippen molar-refractivity contribution in [1.82, 2.24) is 40.9 Å². The number of amides is 8. The third kappa shape index (κ3) is 54.3. The third-order valence-electron chi connectivity index (χ3n) is 17.8. The second-order valence-corrected chi connectivity index (χ2v) is 35.6. The fourth-order valence-electron chi connectivity index (χ4n) is 11.5. The molecule has 0 radical (unpaired) electrons. The van der Waals surface area contributed by atoms with E-state index >= 15 is 0 Å². The summed E-state index contributed by atoms with van der Waals surface area (Å²) < 4.78 is 61.8. The Labute approximate surface area is 726 Å². The molecule has 0 aromatic heterocycles. The number of hydrogen-bond acceptors (Lipinski definition) is 28. The molecule has 0 saturated carbocycles. The summed E-state index contributed by atoms with van der Waals surface area (Å²) >= 11 is 0. The van der Waals surface area contributed by atoms with E-state index in [1.807, 2.05) is 41.5 Å². The summed E-state index contributed by atoms with van der Waals surface area (Å²) in [4.78, 5) is 202. The SMILES string of the molecule is CCC(CC(C)(CC(=O)OC)C(=O)OCCNC(=O)OC(C)(C)C)C(=O)N(C)C.CCCCOC(=O)CC(C)(CC(CC)C(=O)N(C)C)C(=O)OCCNC(=O)OC(C)(C)C.CCCOC(=O)CC(C)(CC(CC)C(=O)N(C)C)C(=O)OCCNC(=O)OC(C)(C)C.CCOC(=O)CC(C)(CC(CC)C(=O)N(C)C)C(=O)OCCNC(=O)OC(C)(C)C. The Kier molecular flexibility index (Phi) is 57.3. The maximum Gasteiger partial charge on any atom is 0.407 e. The molecule has 4 N–H and O–H groups in total. The van der Waals surface area contributed by atoms with Gasteiger partial charge in [0.2, 0.25) is 23.6 Å². The summed E-state index contributed by atoms with van der Waals surface area (Å²) in [5.74, 6) is -6.81. The largest absolute Gasteiger partial charge is 0.469 e. The first-order valence-electron chi connectivity index (χ1n) is 42.0. The lowest BCUT2D eigenvalue weighted by Crippen LogP contribution is -2.40. The molecule has 36 nitrogen and oxygen atoms in total. The topological polar surface area (TPSA) is 445 Å². The molecule has 0 saturated heterocycles. The highest BCUT2D eigenvalue weighted by Crippen LogP contribution is 2.38. The number of esters is 8. The van der Waals surface area contributed by atoms with E-state index in [0.29, 0.717) is 32.1 Å². The summed E-state index contributed by atoms with van der Waals surface area (Å²) in [7, 11) is 14.4. The van der Waals surface area contributed by atoms with E-state index in [1.54, 1.807) is 174 Å². The number of carbonyl (C=O) groups is 16.